The van der Waals surface area contributed by atoms with E-state index in [1.807, 2.05) is 37.3 Å². The minimum atomic E-state index is 0.725. The Hall–Kier alpha value is -1.52. The van der Waals surface area contributed by atoms with Gasteiger partial charge in [0.25, 0.3) is 0 Å². The maximum Gasteiger partial charge on any atom is 0.104 e. The molecule has 0 aliphatic carbocycles. The predicted octanol–water partition coefficient (Wildman–Crippen LogP) is 4.90. The van der Waals surface area contributed by atoms with Gasteiger partial charge in [0.05, 0.1) is 16.1 Å². The second-order valence-electron chi connectivity index (χ2n) is 4.66. The Balaban J connectivity index is 1.77. The van der Waals surface area contributed by atoms with Gasteiger partial charge < -0.3 is 10.3 Å². The molecule has 1 heterocycles. The zero-order chi connectivity index (χ0) is 14.1. The highest BCUT2D eigenvalue weighted by atomic mass is 79.9. The number of aryl methyl sites for hydroxylation is 1. The summed E-state index contributed by atoms with van der Waals surface area (Å²) in [6, 6.07) is 12.0. The van der Waals surface area contributed by atoms with Crippen molar-refractivity contribution < 1.29 is 0 Å². The van der Waals surface area contributed by atoms with Crippen molar-refractivity contribution >= 4 is 44.3 Å². The van der Waals surface area contributed by atoms with Crippen LogP contribution < -0.4 is 5.32 Å². The highest BCUT2D eigenvalue weighted by Gasteiger charge is 2.02. The van der Waals surface area contributed by atoms with Crippen LogP contribution in [0, 0.1) is 6.92 Å². The van der Waals surface area contributed by atoms with Gasteiger partial charge in [-0.2, -0.15) is 0 Å². The van der Waals surface area contributed by atoms with Crippen molar-refractivity contribution in [2.75, 3.05) is 5.32 Å². The van der Waals surface area contributed by atoms with Crippen molar-refractivity contribution in [3.8, 4) is 0 Å². The lowest BCUT2D eigenvalue weighted by molar-refractivity contribution is 1.15. The normalized spacial score (nSPS) is 10.9. The Morgan fingerprint density at radius 1 is 1.25 bits per heavy atom. The quantitative estimate of drug-likeness (QED) is 0.705. The van der Waals surface area contributed by atoms with Crippen LogP contribution in [-0.2, 0) is 6.54 Å². The van der Waals surface area contributed by atoms with Gasteiger partial charge in [0.15, 0.2) is 0 Å². The minimum absolute atomic E-state index is 0.725. The fraction of sp³-hybridized carbons (Fsp3) is 0.133. The van der Waals surface area contributed by atoms with Crippen LogP contribution in [0.5, 0.6) is 0 Å². The van der Waals surface area contributed by atoms with Gasteiger partial charge in [0.2, 0.25) is 0 Å². The topological polar surface area (TPSA) is 40.7 Å². The number of H-pyrrole nitrogens is 1. The SMILES string of the molecule is Cc1nc2ccc(NCc3ccc(Cl)c(Br)c3)cc2[nH]1. The number of anilines is 1. The standard InChI is InChI=1S/C15H13BrClN3/c1-9-19-14-5-3-11(7-15(14)20-9)18-8-10-2-4-13(17)12(16)6-10/h2-7,18H,8H2,1H3,(H,19,20). The Morgan fingerprint density at radius 2 is 2.10 bits per heavy atom. The molecule has 102 valence electrons. The molecule has 3 rings (SSSR count). The highest BCUT2D eigenvalue weighted by Crippen LogP contribution is 2.24. The molecule has 1 aromatic heterocycles. The summed E-state index contributed by atoms with van der Waals surface area (Å²) in [5.74, 6) is 0.929. The van der Waals surface area contributed by atoms with Crippen molar-refractivity contribution in [2.24, 2.45) is 0 Å². The molecule has 0 radical (unpaired) electrons. The maximum atomic E-state index is 5.99. The zero-order valence-corrected chi connectivity index (χ0v) is 13.2. The first-order valence-electron chi connectivity index (χ1n) is 6.26. The summed E-state index contributed by atoms with van der Waals surface area (Å²) >= 11 is 9.42. The largest absolute Gasteiger partial charge is 0.381 e. The van der Waals surface area contributed by atoms with Crippen molar-refractivity contribution in [3.63, 3.8) is 0 Å². The zero-order valence-electron chi connectivity index (χ0n) is 10.9. The minimum Gasteiger partial charge on any atom is -0.381 e. The third-order valence-corrected chi connectivity index (χ3v) is 4.29. The summed E-state index contributed by atoms with van der Waals surface area (Å²) < 4.78 is 0.915. The second kappa shape index (κ2) is 5.46. The number of nitrogens with one attached hydrogen (secondary N) is 2. The molecule has 0 bridgehead atoms. The fourth-order valence-corrected chi connectivity index (χ4v) is 2.64. The van der Waals surface area contributed by atoms with Gasteiger partial charge in [-0.1, -0.05) is 17.7 Å². The molecule has 0 fully saturated rings. The van der Waals surface area contributed by atoms with E-state index in [9.17, 15) is 0 Å². The number of hydrogen-bond donors (Lipinski definition) is 2. The monoisotopic (exact) mass is 349 g/mol. The van der Waals surface area contributed by atoms with Crippen molar-refractivity contribution in [2.45, 2.75) is 13.5 Å². The Morgan fingerprint density at radius 3 is 2.90 bits per heavy atom. The second-order valence-corrected chi connectivity index (χ2v) is 5.92. The van der Waals surface area contributed by atoms with E-state index in [2.05, 4.69) is 37.3 Å². The van der Waals surface area contributed by atoms with Crippen LogP contribution in [0.4, 0.5) is 5.69 Å². The van der Waals surface area contributed by atoms with E-state index >= 15 is 0 Å². The molecular formula is C15H13BrClN3. The number of halogens is 2. The van der Waals surface area contributed by atoms with Crippen LogP contribution in [0.25, 0.3) is 11.0 Å². The van der Waals surface area contributed by atoms with Gasteiger partial charge in [-0.3, -0.25) is 0 Å². The molecule has 0 atom stereocenters. The lowest BCUT2D eigenvalue weighted by Crippen LogP contribution is -1.99. The molecule has 20 heavy (non-hydrogen) atoms. The van der Waals surface area contributed by atoms with Crippen molar-refractivity contribution in [1.82, 2.24) is 9.97 Å². The third kappa shape index (κ3) is 2.81. The molecule has 0 saturated heterocycles. The molecule has 0 unspecified atom stereocenters. The van der Waals surface area contributed by atoms with E-state index in [-0.39, 0.29) is 0 Å². The number of aromatic amines is 1. The number of imidazole rings is 1. The van der Waals surface area contributed by atoms with E-state index in [0.717, 1.165) is 38.6 Å². The summed E-state index contributed by atoms with van der Waals surface area (Å²) in [5, 5.41) is 4.12. The van der Waals surface area contributed by atoms with Crippen LogP contribution in [0.2, 0.25) is 5.02 Å². The molecule has 3 nitrogen and oxygen atoms in total. The molecule has 0 aliphatic heterocycles. The van der Waals surface area contributed by atoms with E-state index in [1.165, 1.54) is 5.56 Å². The molecule has 0 saturated carbocycles. The lowest BCUT2D eigenvalue weighted by Gasteiger charge is -2.07. The Kier molecular flexibility index (Phi) is 3.68. The van der Waals surface area contributed by atoms with E-state index in [1.54, 1.807) is 0 Å². The number of fused-ring (bicyclic) bond motifs is 1. The molecule has 0 spiro atoms. The summed E-state index contributed by atoms with van der Waals surface area (Å²) in [5.41, 5.74) is 4.27. The number of rotatable bonds is 3. The molecule has 5 heteroatoms. The highest BCUT2D eigenvalue weighted by molar-refractivity contribution is 9.10. The first kappa shape index (κ1) is 13.5. The number of hydrogen-bond acceptors (Lipinski definition) is 2. The van der Waals surface area contributed by atoms with Gasteiger partial charge in [-0.05, 0) is 58.7 Å². The van der Waals surface area contributed by atoms with E-state index in [0.29, 0.717) is 0 Å². The summed E-state index contributed by atoms with van der Waals surface area (Å²) in [6.45, 7) is 2.70. The first-order chi connectivity index (χ1) is 9.61. The van der Waals surface area contributed by atoms with Crippen LogP contribution in [0.1, 0.15) is 11.4 Å². The van der Waals surface area contributed by atoms with Gasteiger partial charge in [-0.15, -0.1) is 0 Å². The molecule has 0 aliphatic rings. The van der Waals surface area contributed by atoms with Gasteiger partial charge in [0, 0.05) is 16.7 Å². The van der Waals surface area contributed by atoms with Gasteiger partial charge in [0.1, 0.15) is 5.82 Å². The average molecular weight is 351 g/mol. The van der Waals surface area contributed by atoms with Crippen molar-refractivity contribution in [1.29, 1.82) is 0 Å². The summed E-state index contributed by atoms with van der Waals surface area (Å²) in [7, 11) is 0. The number of aromatic nitrogens is 2. The lowest BCUT2D eigenvalue weighted by atomic mass is 10.2. The average Bonchev–Trinajstić information content (AvgIpc) is 2.79. The van der Waals surface area contributed by atoms with E-state index in [4.69, 9.17) is 11.6 Å². The first-order valence-corrected chi connectivity index (χ1v) is 7.43. The summed E-state index contributed by atoms with van der Waals surface area (Å²) in [4.78, 5) is 7.63. The molecule has 2 N–H and O–H groups in total. The predicted molar refractivity (Wildman–Crippen MR) is 87.3 cm³/mol. The molecule has 3 aromatic rings. The summed E-state index contributed by atoms with van der Waals surface area (Å²) in [6.07, 6.45) is 0. The van der Waals surface area contributed by atoms with Gasteiger partial charge >= 0.3 is 0 Å². The third-order valence-electron chi connectivity index (χ3n) is 3.08. The Bertz CT molecular complexity index is 767. The van der Waals surface area contributed by atoms with Crippen molar-refractivity contribution in [3.05, 3.63) is 57.3 Å². The smallest absolute Gasteiger partial charge is 0.104 e. The van der Waals surface area contributed by atoms with E-state index < -0.39 is 0 Å². The van der Waals surface area contributed by atoms with Crippen LogP contribution in [0.15, 0.2) is 40.9 Å². The molecule has 0 amide bonds. The number of benzene rings is 2. The van der Waals surface area contributed by atoms with Crippen LogP contribution >= 0.6 is 27.5 Å². The molecular weight excluding hydrogens is 338 g/mol. The Labute approximate surface area is 130 Å². The maximum absolute atomic E-state index is 5.99. The van der Waals surface area contributed by atoms with Crippen LogP contribution in [0.3, 0.4) is 0 Å². The fourth-order valence-electron chi connectivity index (χ4n) is 2.10. The van der Waals surface area contributed by atoms with Crippen LogP contribution in [-0.4, -0.2) is 9.97 Å². The number of nitrogens with zero attached hydrogens (tertiary/aromatic N) is 1. The van der Waals surface area contributed by atoms with Gasteiger partial charge in [-0.25, -0.2) is 4.98 Å². The molecule has 2 aromatic carbocycles.